The predicted molar refractivity (Wildman–Crippen MR) is 80.6 cm³/mol. The summed E-state index contributed by atoms with van der Waals surface area (Å²) in [5.74, 6) is 0.136. The summed E-state index contributed by atoms with van der Waals surface area (Å²) in [6.45, 7) is 3.18. The molecule has 1 fully saturated rings. The Bertz CT molecular complexity index is 470. The molecule has 0 saturated carbocycles. The van der Waals surface area contributed by atoms with Gasteiger partial charge in [0, 0.05) is 17.6 Å². The van der Waals surface area contributed by atoms with E-state index in [1.165, 1.54) is 12.7 Å². The normalized spacial score (nSPS) is 17.1. The number of methoxy groups -OCH3 is 1. The van der Waals surface area contributed by atoms with Gasteiger partial charge in [0.25, 0.3) is 0 Å². The van der Waals surface area contributed by atoms with Gasteiger partial charge in [0.2, 0.25) is 0 Å². The molecule has 0 unspecified atom stereocenters. The van der Waals surface area contributed by atoms with Crippen molar-refractivity contribution in [2.45, 2.75) is 19.4 Å². The van der Waals surface area contributed by atoms with Crippen molar-refractivity contribution >= 4 is 21.9 Å². The molecule has 1 saturated heterocycles. The van der Waals surface area contributed by atoms with Crippen LogP contribution in [0.3, 0.4) is 0 Å². The molecule has 4 nitrogen and oxygen atoms in total. The lowest BCUT2D eigenvalue weighted by atomic mass is 9.97. The van der Waals surface area contributed by atoms with E-state index >= 15 is 0 Å². The van der Waals surface area contributed by atoms with Crippen molar-refractivity contribution in [2.75, 3.05) is 26.8 Å². The number of hydrogen-bond acceptors (Lipinski definition) is 4. The highest BCUT2D eigenvalue weighted by atomic mass is 79.9. The quantitative estimate of drug-likeness (QED) is 0.854. The van der Waals surface area contributed by atoms with Gasteiger partial charge in [-0.15, -0.1) is 0 Å². The number of likely N-dealkylation sites (tertiary alicyclic amines) is 1. The van der Waals surface area contributed by atoms with E-state index < -0.39 is 0 Å². The zero-order valence-electron chi connectivity index (χ0n) is 11.6. The zero-order chi connectivity index (χ0) is 14.5. The van der Waals surface area contributed by atoms with E-state index in [1.54, 1.807) is 6.07 Å². The number of carbonyl (C=O) groups is 1. The van der Waals surface area contributed by atoms with Crippen molar-refractivity contribution in [3.63, 3.8) is 0 Å². The second-order valence-corrected chi connectivity index (χ2v) is 6.05. The largest absolute Gasteiger partial charge is 0.465 e. The molecule has 0 bridgehead atoms. The number of esters is 1. The number of benzene rings is 1. The molecule has 1 aliphatic heterocycles. The highest BCUT2D eigenvalue weighted by Crippen LogP contribution is 2.23. The second kappa shape index (κ2) is 7.20. The second-order valence-electron chi connectivity index (χ2n) is 5.20. The molecule has 0 aromatic heterocycles. The van der Waals surface area contributed by atoms with Gasteiger partial charge in [0.15, 0.2) is 0 Å². The fraction of sp³-hybridized carbons (Fsp3) is 0.533. The van der Waals surface area contributed by atoms with Crippen LogP contribution < -0.4 is 0 Å². The molecule has 0 radical (unpaired) electrons. The lowest BCUT2D eigenvalue weighted by Gasteiger charge is -2.31. The number of hydrogen-bond donors (Lipinski definition) is 1. The fourth-order valence-electron chi connectivity index (χ4n) is 2.49. The van der Waals surface area contributed by atoms with E-state index in [1.807, 2.05) is 12.1 Å². The van der Waals surface area contributed by atoms with E-state index in [-0.39, 0.29) is 5.97 Å². The maximum absolute atomic E-state index is 11.5. The molecule has 0 atom stereocenters. The maximum atomic E-state index is 11.5. The van der Waals surface area contributed by atoms with Crippen LogP contribution in [-0.4, -0.2) is 42.8 Å². The highest BCUT2D eigenvalue weighted by molar-refractivity contribution is 9.10. The molecule has 1 aromatic rings. The van der Waals surface area contributed by atoms with Gasteiger partial charge in [-0.2, -0.15) is 0 Å². The third-order valence-electron chi connectivity index (χ3n) is 3.83. The fourth-order valence-corrected chi connectivity index (χ4v) is 2.99. The molecular weight excluding hydrogens is 322 g/mol. The number of nitrogens with zero attached hydrogens (tertiary/aromatic N) is 1. The van der Waals surface area contributed by atoms with Gasteiger partial charge in [0.05, 0.1) is 12.7 Å². The summed E-state index contributed by atoms with van der Waals surface area (Å²) in [4.78, 5) is 13.8. The van der Waals surface area contributed by atoms with Gasteiger partial charge in [-0.05, 0) is 49.5 Å². The summed E-state index contributed by atoms with van der Waals surface area (Å²) < 4.78 is 5.65. The Balaban J connectivity index is 1.98. The van der Waals surface area contributed by atoms with E-state index in [0.717, 1.165) is 36.9 Å². The Labute approximate surface area is 127 Å². The summed E-state index contributed by atoms with van der Waals surface area (Å²) in [7, 11) is 1.38. The van der Waals surface area contributed by atoms with Crippen LogP contribution in [0.15, 0.2) is 22.7 Å². The van der Waals surface area contributed by atoms with E-state index in [9.17, 15) is 4.79 Å². The monoisotopic (exact) mass is 341 g/mol. The van der Waals surface area contributed by atoms with Gasteiger partial charge in [-0.25, -0.2) is 4.79 Å². The number of piperidine rings is 1. The van der Waals surface area contributed by atoms with Gasteiger partial charge in [0.1, 0.15) is 0 Å². The Kier molecular flexibility index (Phi) is 5.57. The predicted octanol–water partition coefficient (Wildman–Crippen LogP) is 2.44. The minimum atomic E-state index is -0.319. The molecule has 1 heterocycles. The van der Waals surface area contributed by atoms with Crippen molar-refractivity contribution in [3.8, 4) is 0 Å². The molecule has 110 valence electrons. The molecule has 20 heavy (non-hydrogen) atoms. The minimum absolute atomic E-state index is 0.297. The Morgan fingerprint density at radius 2 is 2.15 bits per heavy atom. The molecule has 0 amide bonds. The van der Waals surface area contributed by atoms with Crippen LogP contribution in [0.5, 0.6) is 0 Å². The summed E-state index contributed by atoms with van der Waals surface area (Å²) in [5, 5.41) is 9.15. The topological polar surface area (TPSA) is 49.8 Å². The first-order valence-electron chi connectivity index (χ1n) is 6.84. The third-order valence-corrected chi connectivity index (χ3v) is 4.57. The smallest absolute Gasteiger partial charge is 0.337 e. The molecule has 0 spiro atoms. The van der Waals surface area contributed by atoms with Crippen LogP contribution >= 0.6 is 15.9 Å². The van der Waals surface area contributed by atoms with Gasteiger partial charge in [-0.3, -0.25) is 4.90 Å². The number of carbonyl (C=O) groups excluding carboxylic acids is 1. The van der Waals surface area contributed by atoms with Gasteiger partial charge < -0.3 is 9.84 Å². The van der Waals surface area contributed by atoms with Gasteiger partial charge in [-0.1, -0.05) is 22.0 Å². The molecule has 5 heteroatoms. The summed E-state index contributed by atoms with van der Waals surface area (Å²) in [5.41, 5.74) is 1.72. The van der Waals surface area contributed by atoms with Crippen molar-refractivity contribution in [1.82, 2.24) is 4.90 Å². The first-order valence-corrected chi connectivity index (χ1v) is 7.63. The standard InChI is InChI=1S/C15H20BrNO3/c1-20-15(19)12-2-3-13(14(16)8-12)9-17-6-4-11(10-18)5-7-17/h2-3,8,11,18H,4-7,9-10H2,1H3. The van der Waals surface area contributed by atoms with Crippen molar-refractivity contribution < 1.29 is 14.6 Å². The van der Waals surface area contributed by atoms with E-state index in [4.69, 9.17) is 9.84 Å². The Morgan fingerprint density at radius 3 is 2.70 bits per heavy atom. The SMILES string of the molecule is COC(=O)c1ccc(CN2CCC(CO)CC2)c(Br)c1. The minimum Gasteiger partial charge on any atom is -0.465 e. The van der Waals surface area contributed by atoms with Crippen LogP contribution in [0.4, 0.5) is 0 Å². The molecule has 2 rings (SSSR count). The Morgan fingerprint density at radius 1 is 1.45 bits per heavy atom. The number of aliphatic hydroxyl groups excluding tert-OH is 1. The van der Waals surface area contributed by atoms with E-state index in [0.29, 0.717) is 18.1 Å². The summed E-state index contributed by atoms with van der Waals surface area (Å²) in [6.07, 6.45) is 2.10. The Hall–Kier alpha value is -0.910. The lowest BCUT2D eigenvalue weighted by molar-refractivity contribution is 0.0600. The molecule has 0 aliphatic carbocycles. The van der Waals surface area contributed by atoms with Crippen LogP contribution in [-0.2, 0) is 11.3 Å². The number of ether oxygens (including phenoxy) is 1. The van der Waals surface area contributed by atoms with Crippen molar-refractivity contribution in [3.05, 3.63) is 33.8 Å². The molecule has 1 N–H and O–H groups in total. The maximum Gasteiger partial charge on any atom is 0.337 e. The molecule has 1 aliphatic rings. The zero-order valence-corrected chi connectivity index (χ0v) is 13.2. The number of aliphatic hydroxyl groups is 1. The average molecular weight is 342 g/mol. The van der Waals surface area contributed by atoms with E-state index in [2.05, 4.69) is 20.8 Å². The molecule has 1 aromatic carbocycles. The first kappa shape index (κ1) is 15.5. The van der Waals surface area contributed by atoms with Crippen LogP contribution in [0.1, 0.15) is 28.8 Å². The third kappa shape index (κ3) is 3.81. The van der Waals surface area contributed by atoms with Crippen molar-refractivity contribution in [2.24, 2.45) is 5.92 Å². The summed E-state index contributed by atoms with van der Waals surface area (Å²) >= 11 is 3.52. The van der Waals surface area contributed by atoms with Crippen LogP contribution in [0, 0.1) is 5.92 Å². The average Bonchev–Trinajstić information content (AvgIpc) is 2.49. The van der Waals surface area contributed by atoms with Crippen LogP contribution in [0.25, 0.3) is 0 Å². The van der Waals surface area contributed by atoms with Crippen molar-refractivity contribution in [1.29, 1.82) is 0 Å². The number of halogens is 1. The van der Waals surface area contributed by atoms with Crippen LogP contribution in [0.2, 0.25) is 0 Å². The first-order chi connectivity index (χ1) is 9.63. The lowest BCUT2D eigenvalue weighted by Crippen LogP contribution is -2.34. The molecular formula is C15H20BrNO3. The summed E-state index contributed by atoms with van der Waals surface area (Å²) in [6, 6.07) is 5.57. The highest BCUT2D eigenvalue weighted by Gasteiger charge is 2.19. The van der Waals surface area contributed by atoms with Gasteiger partial charge >= 0.3 is 5.97 Å². The number of rotatable bonds is 4.